The maximum absolute atomic E-state index is 9.42. The van der Waals surface area contributed by atoms with Gasteiger partial charge in [0, 0.05) is 12.2 Å². The van der Waals surface area contributed by atoms with Crippen molar-refractivity contribution in [2.24, 2.45) is 0 Å². The monoisotopic (exact) mass is 312 g/mol. The Morgan fingerprint density at radius 1 is 1.40 bits per heavy atom. The van der Waals surface area contributed by atoms with Crippen molar-refractivity contribution in [1.29, 1.82) is 5.26 Å². The highest BCUT2D eigenvalue weighted by Crippen LogP contribution is 2.24. The summed E-state index contributed by atoms with van der Waals surface area (Å²) in [4.78, 5) is 4.44. The number of nitrogens with zero attached hydrogens (tertiary/aromatic N) is 3. The van der Waals surface area contributed by atoms with Crippen molar-refractivity contribution in [2.45, 2.75) is 62.8 Å². The molecule has 0 fully saturated rings. The van der Waals surface area contributed by atoms with E-state index in [0.717, 1.165) is 54.6 Å². The molecule has 20 heavy (non-hydrogen) atoms. The molecule has 0 saturated carbocycles. The third kappa shape index (κ3) is 5.39. The van der Waals surface area contributed by atoms with E-state index in [-0.39, 0.29) is 5.54 Å². The summed E-state index contributed by atoms with van der Waals surface area (Å²) in [5.74, 6) is 1.93. The maximum atomic E-state index is 9.42. The highest BCUT2D eigenvalue weighted by molar-refractivity contribution is 8.00. The fourth-order valence-corrected chi connectivity index (χ4v) is 3.61. The van der Waals surface area contributed by atoms with Gasteiger partial charge in [-0.25, -0.2) is 4.98 Å². The van der Waals surface area contributed by atoms with Crippen LogP contribution in [0.4, 0.5) is 0 Å². The van der Waals surface area contributed by atoms with E-state index >= 15 is 0 Å². The molecule has 0 aliphatic rings. The van der Waals surface area contributed by atoms with Gasteiger partial charge in [0.2, 0.25) is 0 Å². The lowest BCUT2D eigenvalue weighted by molar-refractivity contribution is 0.371. The van der Waals surface area contributed by atoms with E-state index in [2.05, 4.69) is 41.5 Å². The normalized spacial score (nSPS) is 13.9. The Kier molecular flexibility index (Phi) is 8.12. The molecule has 0 aromatic carbocycles. The number of nitriles is 1. The minimum Gasteiger partial charge on any atom is -0.299 e. The van der Waals surface area contributed by atoms with Gasteiger partial charge in [0.15, 0.2) is 4.34 Å². The number of aromatic nitrogens is 2. The van der Waals surface area contributed by atoms with Crippen LogP contribution in [-0.2, 0) is 6.42 Å². The third-order valence-electron chi connectivity index (χ3n) is 3.27. The Morgan fingerprint density at radius 3 is 2.75 bits per heavy atom. The fraction of sp³-hybridized carbons (Fsp3) is 0.786. The van der Waals surface area contributed by atoms with Crippen LogP contribution in [0, 0.1) is 11.3 Å². The molecule has 0 bridgehead atoms. The van der Waals surface area contributed by atoms with Gasteiger partial charge in [0.25, 0.3) is 0 Å². The summed E-state index contributed by atoms with van der Waals surface area (Å²) in [5.41, 5.74) is -0.355. The standard InChI is InChI=1S/C14H24N4S2/c1-4-9-16-14(6-3,11-15)8-7-10-19-13-17-12(5-2)18-20-13/h16H,4-10H2,1-3H3. The van der Waals surface area contributed by atoms with Crippen LogP contribution in [0.1, 0.15) is 52.3 Å². The van der Waals surface area contributed by atoms with Crippen molar-refractivity contribution in [1.82, 2.24) is 14.7 Å². The molecule has 0 radical (unpaired) electrons. The summed E-state index contributed by atoms with van der Waals surface area (Å²) in [5, 5.41) is 12.8. The molecule has 1 N–H and O–H groups in total. The van der Waals surface area contributed by atoms with Crippen molar-refractivity contribution < 1.29 is 0 Å². The molecule has 0 saturated heterocycles. The molecule has 112 valence electrons. The van der Waals surface area contributed by atoms with Gasteiger partial charge in [-0.1, -0.05) is 32.5 Å². The average molecular weight is 313 g/mol. The largest absolute Gasteiger partial charge is 0.299 e. The third-order valence-corrected chi connectivity index (χ3v) is 5.23. The first-order chi connectivity index (χ1) is 9.69. The van der Waals surface area contributed by atoms with E-state index in [1.54, 1.807) is 11.8 Å². The Hall–Kier alpha value is -0.640. The topological polar surface area (TPSA) is 61.6 Å². The molecule has 1 aromatic heterocycles. The summed E-state index contributed by atoms with van der Waals surface area (Å²) >= 11 is 3.23. The number of rotatable bonds is 10. The van der Waals surface area contributed by atoms with E-state index in [4.69, 9.17) is 0 Å². The van der Waals surface area contributed by atoms with Crippen molar-refractivity contribution in [3.05, 3.63) is 5.82 Å². The molecular weight excluding hydrogens is 288 g/mol. The first kappa shape index (κ1) is 17.4. The number of aryl methyl sites for hydroxylation is 1. The van der Waals surface area contributed by atoms with Crippen LogP contribution >= 0.6 is 23.3 Å². The highest BCUT2D eigenvalue weighted by atomic mass is 32.2. The predicted octanol–water partition coefficient (Wildman–Crippen LogP) is 3.64. The van der Waals surface area contributed by atoms with Crippen LogP contribution in [0.2, 0.25) is 0 Å². The van der Waals surface area contributed by atoms with Crippen LogP contribution in [0.25, 0.3) is 0 Å². The molecule has 4 nitrogen and oxygen atoms in total. The molecule has 1 heterocycles. The SMILES string of the molecule is CCCNC(C#N)(CC)CCCSc1nc(CC)ns1. The first-order valence-corrected chi connectivity index (χ1v) is 9.07. The molecule has 0 aliphatic heterocycles. The van der Waals surface area contributed by atoms with Crippen molar-refractivity contribution in [3.8, 4) is 6.07 Å². The summed E-state index contributed by atoms with van der Waals surface area (Å²) in [6.45, 7) is 7.18. The summed E-state index contributed by atoms with van der Waals surface area (Å²) in [7, 11) is 0. The predicted molar refractivity (Wildman–Crippen MR) is 86.2 cm³/mol. The minimum atomic E-state index is -0.355. The zero-order valence-corrected chi connectivity index (χ0v) is 14.2. The molecule has 1 aromatic rings. The number of hydrogen-bond donors (Lipinski definition) is 1. The Labute approximate surface area is 130 Å². The van der Waals surface area contributed by atoms with Gasteiger partial charge in [-0.15, -0.1) is 0 Å². The Morgan fingerprint density at radius 2 is 2.20 bits per heavy atom. The molecule has 1 unspecified atom stereocenters. The van der Waals surface area contributed by atoms with E-state index in [1.807, 2.05) is 0 Å². The van der Waals surface area contributed by atoms with E-state index in [0.29, 0.717) is 0 Å². The summed E-state index contributed by atoms with van der Waals surface area (Å²) in [6.07, 6.45) is 4.72. The average Bonchev–Trinajstić information content (AvgIpc) is 2.95. The van der Waals surface area contributed by atoms with Gasteiger partial charge >= 0.3 is 0 Å². The zero-order chi connectivity index (χ0) is 14.8. The van der Waals surface area contributed by atoms with Gasteiger partial charge in [-0.05, 0) is 43.8 Å². The van der Waals surface area contributed by atoms with E-state index < -0.39 is 0 Å². The maximum Gasteiger partial charge on any atom is 0.170 e. The molecule has 1 rings (SSSR count). The lowest BCUT2D eigenvalue weighted by atomic mass is 9.92. The van der Waals surface area contributed by atoms with Gasteiger partial charge in [0.05, 0.1) is 6.07 Å². The van der Waals surface area contributed by atoms with Gasteiger partial charge in [0.1, 0.15) is 11.4 Å². The van der Waals surface area contributed by atoms with Crippen molar-refractivity contribution in [2.75, 3.05) is 12.3 Å². The minimum absolute atomic E-state index is 0.355. The lowest BCUT2D eigenvalue weighted by Gasteiger charge is -2.26. The highest BCUT2D eigenvalue weighted by Gasteiger charge is 2.26. The van der Waals surface area contributed by atoms with Crippen molar-refractivity contribution in [3.63, 3.8) is 0 Å². The van der Waals surface area contributed by atoms with Crippen LogP contribution in [0.3, 0.4) is 0 Å². The van der Waals surface area contributed by atoms with Crippen LogP contribution in [0.5, 0.6) is 0 Å². The Bertz CT molecular complexity index is 427. The Balaban J connectivity index is 2.35. The smallest absolute Gasteiger partial charge is 0.170 e. The summed E-state index contributed by atoms with van der Waals surface area (Å²) in [6, 6.07) is 2.47. The van der Waals surface area contributed by atoms with Crippen molar-refractivity contribution >= 4 is 23.3 Å². The van der Waals surface area contributed by atoms with Crippen LogP contribution < -0.4 is 5.32 Å². The van der Waals surface area contributed by atoms with E-state index in [9.17, 15) is 5.26 Å². The number of hydrogen-bond acceptors (Lipinski definition) is 6. The molecule has 0 aliphatic carbocycles. The molecule has 0 spiro atoms. The second-order valence-electron chi connectivity index (χ2n) is 4.76. The quantitative estimate of drug-likeness (QED) is 0.528. The molecule has 1 atom stereocenters. The molecule has 0 amide bonds. The first-order valence-electron chi connectivity index (χ1n) is 7.31. The van der Waals surface area contributed by atoms with E-state index in [1.165, 1.54) is 11.5 Å². The molecule has 6 heteroatoms. The van der Waals surface area contributed by atoms with Gasteiger partial charge < -0.3 is 0 Å². The van der Waals surface area contributed by atoms with Crippen LogP contribution in [-0.4, -0.2) is 27.2 Å². The van der Waals surface area contributed by atoms with Gasteiger partial charge in [-0.3, -0.25) is 5.32 Å². The fourth-order valence-electron chi connectivity index (χ4n) is 1.90. The zero-order valence-electron chi connectivity index (χ0n) is 12.6. The lowest BCUT2D eigenvalue weighted by Crippen LogP contribution is -2.43. The molecular formula is C14H24N4S2. The number of nitrogens with one attached hydrogen (secondary N) is 1. The summed E-state index contributed by atoms with van der Waals surface area (Å²) < 4.78 is 5.32. The number of thioether (sulfide) groups is 1. The van der Waals surface area contributed by atoms with Gasteiger partial charge in [-0.2, -0.15) is 9.64 Å². The second kappa shape index (κ2) is 9.32. The second-order valence-corrected chi connectivity index (χ2v) is 6.85. The van der Waals surface area contributed by atoms with Crippen LogP contribution in [0.15, 0.2) is 4.34 Å².